The molecule has 1 N–H and O–H groups in total. The largest absolute Gasteiger partial charge is 0.358 e. The normalized spacial score (nSPS) is 17.2. The average Bonchev–Trinajstić information content (AvgIpc) is 2.88. The van der Waals surface area contributed by atoms with Crippen molar-refractivity contribution in [2.24, 2.45) is 0 Å². The van der Waals surface area contributed by atoms with Crippen molar-refractivity contribution in [2.75, 3.05) is 16.8 Å². The minimum atomic E-state index is -0.544. The first-order valence-electron chi connectivity index (χ1n) is 7.41. The molecule has 1 fully saturated rings. The zero-order valence-electron chi connectivity index (χ0n) is 12.9. The highest BCUT2D eigenvalue weighted by atomic mass is 19.1. The second-order valence-electron chi connectivity index (χ2n) is 5.54. The molecule has 1 saturated heterocycles. The number of aromatic nitrogens is 1. The maximum Gasteiger partial charge on any atom is 0.290 e. The summed E-state index contributed by atoms with van der Waals surface area (Å²) in [5.41, 5.74) is 0.625. The minimum Gasteiger partial charge on any atom is -0.358 e. The first kappa shape index (κ1) is 15.9. The Kier molecular flexibility index (Phi) is 4.11. The number of nitrogens with one attached hydrogen (secondary N) is 1. The molecule has 2 aromatic rings. The summed E-state index contributed by atoms with van der Waals surface area (Å²) < 4.78 is 13.9. The van der Waals surface area contributed by atoms with E-state index in [4.69, 9.17) is 0 Å². The molecule has 0 saturated carbocycles. The number of nitro groups is 1. The molecule has 124 valence electrons. The van der Waals surface area contributed by atoms with Gasteiger partial charge in [-0.25, -0.2) is 9.37 Å². The van der Waals surface area contributed by atoms with Gasteiger partial charge in [-0.15, -0.1) is 0 Å². The summed E-state index contributed by atoms with van der Waals surface area (Å²) in [4.78, 5) is 28.2. The monoisotopic (exact) mass is 330 g/mol. The molecule has 0 spiro atoms. The van der Waals surface area contributed by atoms with Gasteiger partial charge in [0.05, 0.1) is 10.6 Å². The van der Waals surface area contributed by atoms with Gasteiger partial charge < -0.3 is 10.2 Å². The molecule has 1 aliphatic rings. The average molecular weight is 330 g/mol. The van der Waals surface area contributed by atoms with Crippen molar-refractivity contribution in [3.05, 3.63) is 58.0 Å². The molecule has 2 heterocycles. The van der Waals surface area contributed by atoms with Gasteiger partial charge in [0.25, 0.3) is 5.69 Å². The van der Waals surface area contributed by atoms with Crippen molar-refractivity contribution in [3.63, 3.8) is 0 Å². The predicted octanol–water partition coefficient (Wildman–Crippen LogP) is 2.65. The molecule has 1 aromatic carbocycles. The molecule has 8 heteroatoms. The van der Waals surface area contributed by atoms with Crippen LogP contribution in [0.3, 0.4) is 0 Å². The van der Waals surface area contributed by atoms with Gasteiger partial charge in [-0.3, -0.25) is 14.9 Å². The van der Waals surface area contributed by atoms with Gasteiger partial charge in [0.15, 0.2) is 0 Å². The van der Waals surface area contributed by atoms with E-state index in [2.05, 4.69) is 10.3 Å². The second-order valence-corrected chi connectivity index (χ2v) is 5.54. The topological polar surface area (TPSA) is 88.4 Å². The third kappa shape index (κ3) is 2.90. The van der Waals surface area contributed by atoms with Crippen molar-refractivity contribution < 1.29 is 14.1 Å². The van der Waals surface area contributed by atoms with E-state index in [1.807, 2.05) is 0 Å². The van der Waals surface area contributed by atoms with E-state index in [9.17, 15) is 19.3 Å². The van der Waals surface area contributed by atoms with Crippen LogP contribution in [0.5, 0.6) is 0 Å². The third-order valence-electron chi connectivity index (χ3n) is 3.95. The van der Waals surface area contributed by atoms with Crippen LogP contribution in [-0.4, -0.2) is 28.4 Å². The number of carbonyl (C=O) groups is 1. The van der Waals surface area contributed by atoms with E-state index < -0.39 is 16.8 Å². The van der Waals surface area contributed by atoms with E-state index in [1.165, 1.54) is 17.0 Å². The molecule has 0 aliphatic carbocycles. The SMILES string of the molecule is Cc1cc(NC2CCN(c3ccccc3F)C2=O)ncc1[N+](=O)[O-]. The van der Waals surface area contributed by atoms with E-state index in [1.54, 1.807) is 25.1 Å². The maximum absolute atomic E-state index is 13.9. The Hall–Kier alpha value is -3.03. The quantitative estimate of drug-likeness (QED) is 0.688. The van der Waals surface area contributed by atoms with Crippen LogP contribution in [0.1, 0.15) is 12.0 Å². The summed E-state index contributed by atoms with van der Waals surface area (Å²) in [6, 6.07) is 7.09. The molecule has 1 aliphatic heterocycles. The van der Waals surface area contributed by atoms with E-state index in [0.29, 0.717) is 24.3 Å². The number of para-hydroxylation sites is 1. The fraction of sp³-hybridized carbons (Fsp3) is 0.250. The van der Waals surface area contributed by atoms with Gasteiger partial charge in [-0.1, -0.05) is 12.1 Å². The highest BCUT2D eigenvalue weighted by Gasteiger charge is 2.34. The summed E-state index contributed by atoms with van der Waals surface area (Å²) >= 11 is 0. The van der Waals surface area contributed by atoms with Crippen LogP contribution >= 0.6 is 0 Å². The molecule has 7 nitrogen and oxygen atoms in total. The lowest BCUT2D eigenvalue weighted by molar-refractivity contribution is -0.385. The van der Waals surface area contributed by atoms with Crippen LogP contribution in [0.2, 0.25) is 0 Å². The number of pyridine rings is 1. The van der Waals surface area contributed by atoms with Crippen molar-refractivity contribution in [1.82, 2.24) is 4.98 Å². The lowest BCUT2D eigenvalue weighted by atomic mass is 10.2. The standard InChI is InChI=1S/C16H15FN4O3/c1-10-8-15(18-9-14(10)21(23)24)19-12-6-7-20(16(12)22)13-5-3-2-4-11(13)17/h2-5,8-9,12H,6-7H2,1H3,(H,18,19). The Balaban J connectivity index is 1.76. The fourth-order valence-corrected chi connectivity index (χ4v) is 2.72. The summed E-state index contributed by atoms with van der Waals surface area (Å²) in [7, 11) is 0. The molecule has 1 aromatic heterocycles. The fourth-order valence-electron chi connectivity index (χ4n) is 2.72. The molecule has 1 amide bonds. The Morgan fingerprint density at radius 2 is 2.17 bits per heavy atom. The lowest BCUT2D eigenvalue weighted by Crippen LogP contribution is -2.34. The van der Waals surface area contributed by atoms with Crippen LogP contribution in [0, 0.1) is 22.9 Å². The smallest absolute Gasteiger partial charge is 0.290 e. The van der Waals surface area contributed by atoms with Gasteiger partial charge in [0, 0.05) is 12.1 Å². The van der Waals surface area contributed by atoms with E-state index in [-0.39, 0.29) is 17.3 Å². The number of amides is 1. The number of carbonyl (C=O) groups excluding carboxylic acids is 1. The van der Waals surface area contributed by atoms with E-state index >= 15 is 0 Å². The van der Waals surface area contributed by atoms with Crippen LogP contribution in [0.25, 0.3) is 0 Å². The first-order valence-corrected chi connectivity index (χ1v) is 7.41. The number of halogens is 1. The van der Waals surface area contributed by atoms with Crippen molar-refractivity contribution in [3.8, 4) is 0 Å². The number of rotatable bonds is 4. The number of hydrogen-bond donors (Lipinski definition) is 1. The minimum absolute atomic E-state index is 0.0775. The number of benzene rings is 1. The van der Waals surface area contributed by atoms with Crippen LogP contribution < -0.4 is 10.2 Å². The Morgan fingerprint density at radius 1 is 1.42 bits per heavy atom. The molecular formula is C16H15FN4O3. The van der Waals surface area contributed by atoms with Crippen molar-refractivity contribution in [2.45, 2.75) is 19.4 Å². The molecule has 3 rings (SSSR count). The molecule has 1 unspecified atom stereocenters. The van der Waals surface area contributed by atoms with E-state index in [0.717, 1.165) is 6.20 Å². The zero-order valence-corrected chi connectivity index (χ0v) is 12.9. The molecule has 24 heavy (non-hydrogen) atoms. The van der Waals surface area contributed by atoms with Gasteiger partial charge in [0.2, 0.25) is 5.91 Å². The summed E-state index contributed by atoms with van der Waals surface area (Å²) in [5, 5.41) is 13.8. The molecule has 1 atom stereocenters. The highest BCUT2D eigenvalue weighted by Crippen LogP contribution is 2.26. The number of nitrogens with zero attached hydrogens (tertiary/aromatic N) is 3. The number of aryl methyl sites for hydroxylation is 1. The van der Waals surface area contributed by atoms with Crippen molar-refractivity contribution in [1.29, 1.82) is 0 Å². The summed E-state index contributed by atoms with van der Waals surface area (Å²) in [6.07, 6.45) is 1.65. The van der Waals surface area contributed by atoms with Crippen LogP contribution in [0.4, 0.5) is 21.6 Å². The van der Waals surface area contributed by atoms with Crippen molar-refractivity contribution >= 4 is 23.1 Å². The maximum atomic E-state index is 13.9. The van der Waals surface area contributed by atoms with Gasteiger partial charge in [0.1, 0.15) is 23.9 Å². The number of hydrogen-bond acceptors (Lipinski definition) is 5. The number of anilines is 2. The Bertz CT molecular complexity index is 812. The predicted molar refractivity (Wildman–Crippen MR) is 86.4 cm³/mol. The highest BCUT2D eigenvalue weighted by molar-refractivity contribution is 6.01. The Morgan fingerprint density at radius 3 is 2.83 bits per heavy atom. The summed E-state index contributed by atoms with van der Waals surface area (Å²) in [6.45, 7) is 2.00. The van der Waals surface area contributed by atoms with Crippen LogP contribution in [-0.2, 0) is 4.79 Å². The first-order chi connectivity index (χ1) is 11.5. The molecule has 0 radical (unpaired) electrons. The van der Waals surface area contributed by atoms with Gasteiger partial charge in [-0.2, -0.15) is 0 Å². The third-order valence-corrected chi connectivity index (χ3v) is 3.95. The lowest BCUT2D eigenvalue weighted by Gasteiger charge is -2.18. The molecular weight excluding hydrogens is 315 g/mol. The second kappa shape index (κ2) is 6.23. The van der Waals surface area contributed by atoms with Gasteiger partial charge >= 0.3 is 0 Å². The zero-order chi connectivity index (χ0) is 17.3. The summed E-state index contributed by atoms with van der Waals surface area (Å²) in [5.74, 6) is -0.319. The Labute approximate surface area is 137 Å². The molecule has 0 bridgehead atoms. The van der Waals surface area contributed by atoms with Gasteiger partial charge in [-0.05, 0) is 31.5 Å². The van der Waals surface area contributed by atoms with Crippen LogP contribution in [0.15, 0.2) is 36.5 Å².